The van der Waals surface area contributed by atoms with Gasteiger partial charge >= 0.3 is 6.09 Å². The zero-order valence-electron chi connectivity index (χ0n) is 20.0. The maximum Gasteiger partial charge on any atom is 0.404 e. The second kappa shape index (κ2) is 11.8. The summed E-state index contributed by atoms with van der Waals surface area (Å²) >= 11 is 7.22. The number of halogens is 3. The van der Waals surface area contributed by atoms with Crippen LogP contribution >= 0.6 is 22.9 Å². The van der Waals surface area contributed by atoms with E-state index in [2.05, 4.69) is 25.9 Å². The largest absolute Gasteiger partial charge is 0.465 e. The molecule has 6 N–H and O–H groups in total. The van der Waals surface area contributed by atoms with Gasteiger partial charge in [-0.15, -0.1) is 11.3 Å². The number of rotatable bonds is 9. The molecule has 15 heteroatoms. The average Bonchev–Trinajstić information content (AvgIpc) is 3.29. The maximum atomic E-state index is 15.1. The summed E-state index contributed by atoms with van der Waals surface area (Å²) in [7, 11) is 0. The Balaban J connectivity index is 1.65. The Kier molecular flexibility index (Phi) is 8.44. The average molecular weight is 568 g/mol. The number of nitrogens with zero attached hydrogens (tertiary/aromatic N) is 3. The molecular weight excluding hydrogens is 544 g/mol. The summed E-state index contributed by atoms with van der Waals surface area (Å²) in [5.41, 5.74) is 5.30. The summed E-state index contributed by atoms with van der Waals surface area (Å²) in [6.45, 7) is 3.47. The summed E-state index contributed by atoms with van der Waals surface area (Å²) in [6, 6.07) is 3.85. The van der Waals surface area contributed by atoms with Crippen molar-refractivity contribution in [3.05, 3.63) is 56.9 Å². The molecular formula is C23H24ClF2N7O4S. The summed E-state index contributed by atoms with van der Waals surface area (Å²) in [5, 5.41) is 17.2. The van der Waals surface area contributed by atoms with Gasteiger partial charge in [0.1, 0.15) is 5.82 Å². The number of nitrogens with one attached hydrogen (secondary N) is 3. The van der Waals surface area contributed by atoms with Gasteiger partial charge in [-0.05, 0) is 25.1 Å². The predicted octanol–water partition coefficient (Wildman–Crippen LogP) is 3.96. The Morgan fingerprint density at radius 2 is 1.95 bits per heavy atom. The predicted molar refractivity (Wildman–Crippen MR) is 140 cm³/mol. The van der Waals surface area contributed by atoms with Crippen molar-refractivity contribution in [1.29, 1.82) is 0 Å². The number of carbonyl (C=O) groups excluding carboxylic acids is 1. The number of carboxylic acid groups (broad SMARTS) is 1. The van der Waals surface area contributed by atoms with Crippen LogP contribution in [0.5, 0.6) is 0 Å². The monoisotopic (exact) mass is 567 g/mol. The van der Waals surface area contributed by atoms with Crippen LogP contribution in [-0.2, 0) is 4.74 Å². The highest BCUT2D eigenvalue weighted by Crippen LogP contribution is 2.33. The van der Waals surface area contributed by atoms with Crippen LogP contribution < -0.4 is 26.6 Å². The van der Waals surface area contributed by atoms with Crippen molar-refractivity contribution in [2.45, 2.75) is 19.0 Å². The Morgan fingerprint density at radius 3 is 2.55 bits per heavy atom. The van der Waals surface area contributed by atoms with E-state index in [9.17, 15) is 19.1 Å². The minimum Gasteiger partial charge on any atom is -0.465 e. The molecule has 0 bridgehead atoms. The van der Waals surface area contributed by atoms with E-state index >= 15 is 4.39 Å². The summed E-state index contributed by atoms with van der Waals surface area (Å²) in [6.07, 6.45) is 0.0772. The maximum absolute atomic E-state index is 15.1. The number of thiophene rings is 1. The Hall–Kier alpha value is -3.75. The van der Waals surface area contributed by atoms with E-state index in [1.54, 1.807) is 24.0 Å². The molecule has 0 aliphatic carbocycles. The summed E-state index contributed by atoms with van der Waals surface area (Å²) < 4.78 is 35.6. The Labute approximate surface area is 225 Å². The van der Waals surface area contributed by atoms with Gasteiger partial charge in [0.15, 0.2) is 23.3 Å². The highest BCUT2D eigenvalue weighted by Gasteiger charge is 2.26. The van der Waals surface area contributed by atoms with Crippen LogP contribution in [0.25, 0.3) is 0 Å². The Morgan fingerprint density at radius 1 is 1.21 bits per heavy atom. The molecule has 11 nitrogen and oxygen atoms in total. The van der Waals surface area contributed by atoms with Gasteiger partial charge in [0.05, 0.1) is 47.1 Å². The van der Waals surface area contributed by atoms with Crippen molar-refractivity contribution < 1.29 is 28.2 Å². The Bertz CT molecular complexity index is 1340. The van der Waals surface area contributed by atoms with Crippen LogP contribution in [0.1, 0.15) is 28.2 Å². The highest BCUT2D eigenvalue weighted by molar-refractivity contribution is 7.16. The van der Waals surface area contributed by atoms with E-state index in [1.807, 2.05) is 0 Å². The number of amides is 2. The molecule has 1 saturated heterocycles. The molecule has 0 unspecified atom stereocenters. The number of hydrogen-bond acceptors (Lipinski definition) is 9. The van der Waals surface area contributed by atoms with Gasteiger partial charge in [0, 0.05) is 24.0 Å². The molecule has 1 aliphatic heterocycles. The molecule has 202 valence electrons. The van der Waals surface area contributed by atoms with E-state index in [0.29, 0.717) is 35.5 Å². The first-order valence-corrected chi connectivity index (χ1v) is 12.6. The number of pyridine rings is 2. The number of hydrogen-bond donors (Lipinski definition) is 5. The standard InChI is InChI=1S/C23H24ClF2N7O4S/c1-11(29-23(35)36)18(16-2-3-17(24)38-16)31-21-14(25)9-13(19(27)34)20(32-21)30-12-8-15(26)22(28-10-12)33-4-6-37-7-5-33/h2-3,8-11,18,29H,4-7H2,1H3,(H2,27,34)(H,35,36)(H2,30,31,32)/t11-,18-/m0/s1. The van der Waals surface area contributed by atoms with E-state index < -0.39 is 35.7 Å². The van der Waals surface area contributed by atoms with Gasteiger partial charge in [-0.2, -0.15) is 0 Å². The third-order valence-corrected chi connectivity index (χ3v) is 6.99. The van der Waals surface area contributed by atoms with Gasteiger partial charge in [0.25, 0.3) is 5.91 Å². The minimum atomic E-state index is -1.28. The van der Waals surface area contributed by atoms with Gasteiger partial charge in [-0.3, -0.25) is 4.79 Å². The zero-order chi connectivity index (χ0) is 27.4. The number of carbonyl (C=O) groups is 2. The van der Waals surface area contributed by atoms with Crippen molar-refractivity contribution >= 4 is 58.1 Å². The number of primary amides is 1. The van der Waals surface area contributed by atoms with Crippen LogP contribution in [0, 0.1) is 11.6 Å². The molecule has 3 aromatic rings. The second-order valence-corrected chi connectivity index (χ2v) is 10.1. The molecule has 2 amide bonds. The number of anilines is 4. The third kappa shape index (κ3) is 6.38. The van der Waals surface area contributed by atoms with Crippen LogP contribution in [0.4, 0.5) is 36.7 Å². The third-order valence-electron chi connectivity index (χ3n) is 5.68. The molecule has 3 aromatic heterocycles. The first-order valence-electron chi connectivity index (χ1n) is 11.4. The van der Waals surface area contributed by atoms with Gasteiger partial charge in [0.2, 0.25) is 0 Å². The molecule has 1 aliphatic rings. The number of aromatic nitrogens is 2. The van der Waals surface area contributed by atoms with Crippen LogP contribution in [0.15, 0.2) is 30.5 Å². The molecule has 1 fully saturated rings. The van der Waals surface area contributed by atoms with Gasteiger partial charge in [-0.1, -0.05) is 11.6 Å². The zero-order valence-corrected chi connectivity index (χ0v) is 21.6. The minimum absolute atomic E-state index is 0.148. The first kappa shape index (κ1) is 27.3. The van der Waals surface area contributed by atoms with E-state index in [-0.39, 0.29) is 28.7 Å². The molecule has 0 spiro atoms. The van der Waals surface area contributed by atoms with Crippen LogP contribution in [-0.4, -0.2) is 59.4 Å². The molecule has 4 rings (SSSR count). The van der Waals surface area contributed by atoms with E-state index in [4.69, 9.17) is 22.1 Å². The van der Waals surface area contributed by atoms with Crippen LogP contribution in [0.3, 0.4) is 0 Å². The van der Waals surface area contributed by atoms with Gasteiger partial charge in [-0.25, -0.2) is 23.5 Å². The fourth-order valence-corrected chi connectivity index (χ4v) is 5.10. The van der Waals surface area contributed by atoms with Crippen molar-refractivity contribution in [3.63, 3.8) is 0 Å². The molecule has 0 radical (unpaired) electrons. The lowest BCUT2D eigenvalue weighted by atomic mass is 10.1. The molecule has 2 atom stereocenters. The molecule has 0 saturated carbocycles. The van der Waals surface area contributed by atoms with Crippen LogP contribution in [0.2, 0.25) is 4.34 Å². The highest BCUT2D eigenvalue weighted by atomic mass is 35.5. The number of nitrogens with two attached hydrogens (primary N) is 1. The van der Waals surface area contributed by atoms with Crippen molar-refractivity contribution in [2.75, 3.05) is 41.8 Å². The molecule has 38 heavy (non-hydrogen) atoms. The van der Waals surface area contributed by atoms with Crippen molar-refractivity contribution in [2.24, 2.45) is 5.73 Å². The SMILES string of the molecule is C[C@H](NC(=O)O)[C@H](Nc1nc(Nc2cnc(N3CCOCC3)c(F)c2)c(C(N)=O)cc1F)c1ccc(Cl)s1. The van der Waals surface area contributed by atoms with Crippen molar-refractivity contribution in [3.8, 4) is 0 Å². The molecule has 0 aromatic carbocycles. The fourth-order valence-electron chi connectivity index (χ4n) is 3.88. The lowest BCUT2D eigenvalue weighted by Gasteiger charge is -2.28. The number of morpholine rings is 1. The van der Waals surface area contributed by atoms with E-state index in [1.165, 1.54) is 23.6 Å². The summed E-state index contributed by atoms with van der Waals surface area (Å²) in [4.78, 5) is 34.0. The molecule has 4 heterocycles. The second-order valence-electron chi connectivity index (χ2n) is 8.34. The normalized spacial score (nSPS) is 15.0. The fraction of sp³-hybridized carbons (Fsp3) is 0.304. The van der Waals surface area contributed by atoms with Crippen molar-refractivity contribution in [1.82, 2.24) is 15.3 Å². The van der Waals surface area contributed by atoms with Gasteiger partial charge < -0.3 is 36.4 Å². The number of ether oxygens (including phenoxy) is 1. The lowest BCUT2D eigenvalue weighted by molar-refractivity contribution is 0.1000. The smallest absolute Gasteiger partial charge is 0.404 e. The lowest BCUT2D eigenvalue weighted by Crippen LogP contribution is -2.39. The van der Waals surface area contributed by atoms with E-state index in [0.717, 1.165) is 6.07 Å². The quantitative estimate of drug-likeness (QED) is 0.258. The topological polar surface area (TPSA) is 155 Å². The first-order chi connectivity index (χ1) is 18.1. The summed E-state index contributed by atoms with van der Waals surface area (Å²) in [5.74, 6) is -2.78.